The van der Waals surface area contributed by atoms with Crippen LogP contribution in [0, 0.1) is 5.92 Å². The minimum atomic E-state index is 0.296. The Hall–Kier alpha value is 0.400. The van der Waals surface area contributed by atoms with E-state index in [1.165, 1.54) is 19.3 Å². The highest BCUT2D eigenvalue weighted by Gasteiger charge is 2.41. The third-order valence-corrected chi connectivity index (χ3v) is 4.14. The van der Waals surface area contributed by atoms with Gasteiger partial charge in [-0.15, -0.1) is 0 Å². The fourth-order valence-corrected chi connectivity index (χ4v) is 2.81. The molecule has 0 heterocycles. The lowest BCUT2D eigenvalue weighted by atomic mass is 9.91. The second-order valence-corrected chi connectivity index (χ2v) is 5.90. The lowest BCUT2D eigenvalue weighted by molar-refractivity contribution is -0.122. The molecular weight excluding hydrogens is 256 g/mol. The van der Waals surface area contributed by atoms with Crippen molar-refractivity contribution in [2.24, 2.45) is 5.92 Å². The van der Waals surface area contributed by atoms with Crippen LogP contribution >= 0.6 is 15.9 Å². The SMILES string of the molecule is CCCOC1C(Br)CC1OCCC1CC1. The Bertz CT molecular complexity index is 194. The summed E-state index contributed by atoms with van der Waals surface area (Å²) < 4.78 is 11.6. The molecule has 0 aromatic carbocycles. The summed E-state index contributed by atoms with van der Waals surface area (Å²) in [4.78, 5) is 0.509. The lowest BCUT2D eigenvalue weighted by Gasteiger charge is -2.40. The van der Waals surface area contributed by atoms with E-state index in [-0.39, 0.29) is 0 Å². The second kappa shape index (κ2) is 5.65. The van der Waals surface area contributed by atoms with Gasteiger partial charge < -0.3 is 9.47 Å². The standard InChI is InChI=1S/C12H21BrO2/c1-2-6-15-12-10(13)8-11(12)14-7-5-9-3-4-9/h9-12H,2-8H2,1H3. The predicted octanol–water partition coefficient (Wildman–Crippen LogP) is 3.13. The summed E-state index contributed by atoms with van der Waals surface area (Å²) in [7, 11) is 0. The van der Waals surface area contributed by atoms with Crippen LogP contribution < -0.4 is 0 Å². The number of hydrogen-bond acceptors (Lipinski definition) is 2. The Morgan fingerprint density at radius 2 is 2.00 bits per heavy atom. The first kappa shape index (κ1) is 11.9. The molecule has 0 aromatic rings. The molecule has 0 amide bonds. The Morgan fingerprint density at radius 3 is 2.60 bits per heavy atom. The number of halogens is 1. The minimum Gasteiger partial charge on any atom is -0.375 e. The third-order valence-electron chi connectivity index (χ3n) is 3.25. The quantitative estimate of drug-likeness (QED) is 0.666. The van der Waals surface area contributed by atoms with Gasteiger partial charge in [-0.1, -0.05) is 35.7 Å². The monoisotopic (exact) mass is 276 g/mol. The minimum absolute atomic E-state index is 0.296. The molecule has 0 aliphatic heterocycles. The summed E-state index contributed by atoms with van der Waals surface area (Å²) in [5.74, 6) is 0.972. The molecule has 0 bridgehead atoms. The first-order valence-electron chi connectivity index (χ1n) is 6.18. The van der Waals surface area contributed by atoms with Crippen LogP contribution in [0.15, 0.2) is 0 Å². The van der Waals surface area contributed by atoms with Gasteiger partial charge in [0.15, 0.2) is 0 Å². The zero-order valence-electron chi connectivity index (χ0n) is 9.45. The molecule has 2 fully saturated rings. The van der Waals surface area contributed by atoms with Crippen molar-refractivity contribution in [1.82, 2.24) is 0 Å². The highest BCUT2D eigenvalue weighted by Crippen LogP contribution is 2.35. The number of rotatable bonds is 7. The van der Waals surface area contributed by atoms with Crippen LogP contribution in [0.5, 0.6) is 0 Å². The van der Waals surface area contributed by atoms with Crippen molar-refractivity contribution in [1.29, 1.82) is 0 Å². The molecular formula is C12H21BrO2. The first-order chi connectivity index (χ1) is 7.31. The summed E-state index contributed by atoms with van der Waals surface area (Å²) in [5.41, 5.74) is 0. The van der Waals surface area contributed by atoms with E-state index >= 15 is 0 Å². The predicted molar refractivity (Wildman–Crippen MR) is 64.4 cm³/mol. The summed E-state index contributed by atoms with van der Waals surface area (Å²) in [5, 5.41) is 0. The number of ether oxygens (including phenoxy) is 2. The molecule has 2 aliphatic carbocycles. The van der Waals surface area contributed by atoms with Gasteiger partial charge in [-0.25, -0.2) is 0 Å². The largest absolute Gasteiger partial charge is 0.375 e. The van der Waals surface area contributed by atoms with Crippen LogP contribution in [0.4, 0.5) is 0 Å². The van der Waals surface area contributed by atoms with E-state index in [0.29, 0.717) is 17.0 Å². The highest BCUT2D eigenvalue weighted by molar-refractivity contribution is 9.09. The topological polar surface area (TPSA) is 18.5 Å². The Morgan fingerprint density at radius 1 is 1.20 bits per heavy atom. The van der Waals surface area contributed by atoms with Crippen molar-refractivity contribution >= 4 is 15.9 Å². The summed E-state index contributed by atoms with van der Waals surface area (Å²) >= 11 is 3.63. The Labute approximate surface area is 101 Å². The van der Waals surface area contributed by atoms with Gasteiger partial charge in [0.25, 0.3) is 0 Å². The first-order valence-corrected chi connectivity index (χ1v) is 7.10. The molecule has 3 unspecified atom stereocenters. The van der Waals surface area contributed by atoms with Gasteiger partial charge >= 0.3 is 0 Å². The zero-order valence-corrected chi connectivity index (χ0v) is 11.0. The third kappa shape index (κ3) is 3.43. The van der Waals surface area contributed by atoms with E-state index in [1.54, 1.807) is 0 Å². The summed E-state index contributed by atoms with van der Waals surface area (Å²) in [6.45, 7) is 3.93. The van der Waals surface area contributed by atoms with Gasteiger partial charge in [0.05, 0.1) is 12.2 Å². The van der Waals surface area contributed by atoms with Gasteiger partial charge in [0, 0.05) is 18.0 Å². The molecule has 2 aliphatic rings. The molecule has 0 radical (unpaired) electrons. The van der Waals surface area contributed by atoms with Crippen LogP contribution in [0.25, 0.3) is 0 Å². The van der Waals surface area contributed by atoms with Crippen LogP contribution in [-0.2, 0) is 9.47 Å². The van der Waals surface area contributed by atoms with Crippen molar-refractivity contribution in [3.8, 4) is 0 Å². The van der Waals surface area contributed by atoms with E-state index in [1.807, 2.05) is 0 Å². The molecule has 0 aromatic heterocycles. The number of hydrogen-bond donors (Lipinski definition) is 0. The van der Waals surface area contributed by atoms with Crippen molar-refractivity contribution in [3.63, 3.8) is 0 Å². The maximum Gasteiger partial charge on any atom is 0.0962 e. The molecule has 88 valence electrons. The Balaban J connectivity index is 1.58. The second-order valence-electron chi connectivity index (χ2n) is 4.73. The van der Waals surface area contributed by atoms with E-state index in [0.717, 1.165) is 32.0 Å². The van der Waals surface area contributed by atoms with Gasteiger partial charge in [0.1, 0.15) is 0 Å². The molecule has 2 saturated carbocycles. The van der Waals surface area contributed by atoms with Crippen LogP contribution in [-0.4, -0.2) is 30.2 Å². The molecule has 0 N–H and O–H groups in total. The van der Waals surface area contributed by atoms with Gasteiger partial charge in [0.2, 0.25) is 0 Å². The fourth-order valence-electron chi connectivity index (χ4n) is 1.95. The molecule has 3 atom stereocenters. The molecule has 3 heteroatoms. The summed E-state index contributed by atoms with van der Waals surface area (Å²) in [6.07, 6.45) is 6.94. The van der Waals surface area contributed by atoms with Crippen molar-refractivity contribution in [2.75, 3.05) is 13.2 Å². The van der Waals surface area contributed by atoms with Crippen molar-refractivity contribution in [3.05, 3.63) is 0 Å². The fraction of sp³-hybridized carbons (Fsp3) is 1.00. The maximum atomic E-state index is 5.85. The summed E-state index contributed by atoms with van der Waals surface area (Å²) in [6, 6.07) is 0. The van der Waals surface area contributed by atoms with E-state index in [2.05, 4.69) is 22.9 Å². The lowest BCUT2D eigenvalue weighted by Crippen LogP contribution is -2.51. The normalized spacial score (nSPS) is 35.2. The average Bonchev–Trinajstić information content (AvgIpc) is 3.01. The van der Waals surface area contributed by atoms with E-state index in [9.17, 15) is 0 Å². The van der Waals surface area contributed by atoms with Crippen molar-refractivity contribution in [2.45, 2.75) is 56.1 Å². The molecule has 2 rings (SSSR count). The molecule has 2 nitrogen and oxygen atoms in total. The van der Waals surface area contributed by atoms with Gasteiger partial charge in [-0.2, -0.15) is 0 Å². The Kier molecular flexibility index (Phi) is 4.47. The molecule has 0 saturated heterocycles. The van der Waals surface area contributed by atoms with E-state index < -0.39 is 0 Å². The smallest absolute Gasteiger partial charge is 0.0962 e. The van der Waals surface area contributed by atoms with Crippen LogP contribution in [0.3, 0.4) is 0 Å². The van der Waals surface area contributed by atoms with Crippen molar-refractivity contribution < 1.29 is 9.47 Å². The van der Waals surface area contributed by atoms with Gasteiger partial charge in [-0.3, -0.25) is 0 Å². The maximum absolute atomic E-state index is 5.85. The molecule has 0 spiro atoms. The number of alkyl halides is 1. The zero-order chi connectivity index (χ0) is 10.7. The van der Waals surface area contributed by atoms with E-state index in [4.69, 9.17) is 9.47 Å². The van der Waals surface area contributed by atoms with Crippen LogP contribution in [0.1, 0.15) is 39.0 Å². The molecule has 15 heavy (non-hydrogen) atoms. The average molecular weight is 277 g/mol. The van der Waals surface area contributed by atoms with Gasteiger partial charge in [-0.05, 0) is 25.2 Å². The van der Waals surface area contributed by atoms with Crippen LogP contribution in [0.2, 0.25) is 0 Å². The highest BCUT2D eigenvalue weighted by atomic mass is 79.9.